The number of amides is 1. The molecule has 0 radical (unpaired) electrons. The molecule has 3 aromatic rings. The molecule has 1 atom stereocenters. The number of likely N-dealkylation sites (tertiary alicyclic amines) is 2. The molecule has 0 spiro atoms. The van der Waals surface area contributed by atoms with Gasteiger partial charge in [-0.05, 0) is 87.3 Å². The van der Waals surface area contributed by atoms with Crippen LogP contribution >= 0.6 is 0 Å². The normalized spacial score (nSPS) is 20.1. The van der Waals surface area contributed by atoms with Crippen molar-refractivity contribution in [3.63, 3.8) is 0 Å². The van der Waals surface area contributed by atoms with E-state index < -0.39 is 0 Å². The minimum Gasteiger partial charge on any atom is -0.356 e. The zero-order chi connectivity index (χ0) is 24.7. The molecule has 2 fully saturated rings. The molecule has 2 aliphatic heterocycles. The average Bonchev–Trinajstić information content (AvgIpc) is 3.24. The molecule has 0 saturated carbocycles. The minimum absolute atomic E-state index is 0.159. The smallest absolute Gasteiger partial charge is 0.223 e. The molecule has 0 aliphatic carbocycles. The first kappa shape index (κ1) is 25.0. The Kier molecular flexibility index (Phi) is 8.40. The summed E-state index contributed by atoms with van der Waals surface area (Å²) in [7, 11) is 0. The summed E-state index contributed by atoms with van der Waals surface area (Å²) in [6.45, 7) is 10.5. The number of para-hydroxylation sites is 1. The van der Waals surface area contributed by atoms with Gasteiger partial charge in [0.05, 0.1) is 0 Å². The van der Waals surface area contributed by atoms with Gasteiger partial charge in [-0.3, -0.25) is 9.69 Å². The average molecular weight is 487 g/mol. The van der Waals surface area contributed by atoms with Crippen molar-refractivity contribution in [3.8, 4) is 0 Å². The van der Waals surface area contributed by atoms with Gasteiger partial charge >= 0.3 is 0 Å². The number of hydrogen-bond donors (Lipinski definition) is 1. The van der Waals surface area contributed by atoms with Gasteiger partial charge in [0, 0.05) is 43.3 Å². The van der Waals surface area contributed by atoms with E-state index in [1.165, 1.54) is 48.1 Å². The van der Waals surface area contributed by atoms with Crippen LogP contribution in [0, 0.1) is 11.8 Å². The van der Waals surface area contributed by atoms with Crippen molar-refractivity contribution in [2.45, 2.75) is 52.1 Å². The maximum absolute atomic E-state index is 12.8. The van der Waals surface area contributed by atoms with Crippen LogP contribution in [0.25, 0.3) is 10.9 Å². The molecule has 192 valence electrons. The lowest BCUT2D eigenvalue weighted by molar-refractivity contribution is -0.126. The summed E-state index contributed by atoms with van der Waals surface area (Å²) in [4.78, 5) is 17.9. The summed E-state index contributed by atoms with van der Waals surface area (Å²) in [5.41, 5.74) is 3.98. The minimum atomic E-state index is 0.159. The SMILES string of the molecule is C[C@@H]1CCCN(CCCNC(=O)C2CCN(Cc3cc4ccccc4n3Cc3ccccc3)CC2)C1. The first-order chi connectivity index (χ1) is 17.7. The predicted molar refractivity (Wildman–Crippen MR) is 148 cm³/mol. The number of carbonyl (C=O) groups is 1. The van der Waals surface area contributed by atoms with Crippen molar-refractivity contribution in [1.82, 2.24) is 19.7 Å². The number of carbonyl (C=O) groups excluding carboxylic acids is 1. The van der Waals surface area contributed by atoms with E-state index in [1.807, 2.05) is 0 Å². The fraction of sp³-hybridized carbons (Fsp3) is 0.516. The van der Waals surface area contributed by atoms with E-state index in [0.29, 0.717) is 0 Å². The van der Waals surface area contributed by atoms with Gasteiger partial charge in [-0.25, -0.2) is 0 Å². The van der Waals surface area contributed by atoms with Crippen molar-refractivity contribution in [2.75, 3.05) is 39.3 Å². The topological polar surface area (TPSA) is 40.5 Å². The van der Waals surface area contributed by atoms with E-state index in [2.05, 4.69) is 87.3 Å². The molecule has 1 aromatic heterocycles. The van der Waals surface area contributed by atoms with Crippen LogP contribution in [-0.2, 0) is 17.9 Å². The molecule has 0 unspecified atom stereocenters. The van der Waals surface area contributed by atoms with Crippen LogP contribution in [0.1, 0.15) is 50.3 Å². The number of aromatic nitrogens is 1. The molecule has 0 bridgehead atoms. The number of nitrogens with one attached hydrogen (secondary N) is 1. The molecule has 2 saturated heterocycles. The maximum Gasteiger partial charge on any atom is 0.223 e. The Morgan fingerprint density at radius 2 is 1.69 bits per heavy atom. The highest BCUT2D eigenvalue weighted by Gasteiger charge is 2.25. The Morgan fingerprint density at radius 1 is 0.917 bits per heavy atom. The lowest BCUT2D eigenvalue weighted by Crippen LogP contribution is -2.41. The molecule has 5 nitrogen and oxygen atoms in total. The second kappa shape index (κ2) is 12.1. The number of piperidine rings is 2. The first-order valence-corrected chi connectivity index (χ1v) is 14.0. The lowest BCUT2D eigenvalue weighted by Gasteiger charge is -2.32. The fourth-order valence-electron chi connectivity index (χ4n) is 6.08. The summed E-state index contributed by atoms with van der Waals surface area (Å²) < 4.78 is 2.46. The van der Waals surface area contributed by atoms with Crippen molar-refractivity contribution < 1.29 is 4.79 Å². The van der Waals surface area contributed by atoms with Gasteiger partial charge in [-0.2, -0.15) is 0 Å². The number of hydrogen-bond acceptors (Lipinski definition) is 3. The summed E-state index contributed by atoms with van der Waals surface area (Å²) in [6, 6.07) is 21.8. The van der Waals surface area contributed by atoms with Gasteiger partial charge in [0.1, 0.15) is 0 Å². The van der Waals surface area contributed by atoms with Crippen LogP contribution in [-0.4, -0.2) is 59.5 Å². The second-order valence-electron chi connectivity index (χ2n) is 11.0. The highest BCUT2D eigenvalue weighted by atomic mass is 16.1. The predicted octanol–water partition coefficient (Wildman–Crippen LogP) is 5.14. The summed E-state index contributed by atoms with van der Waals surface area (Å²) >= 11 is 0. The molecule has 2 aromatic carbocycles. The number of benzene rings is 2. The molecule has 2 aliphatic rings. The van der Waals surface area contributed by atoms with E-state index in [0.717, 1.165) is 64.4 Å². The monoisotopic (exact) mass is 486 g/mol. The zero-order valence-electron chi connectivity index (χ0n) is 21.9. The standard InChI is InChI=1S/C31H42N4O/c1-25-9-7-17-33(22-25)18-8-16-32-31(36)27-14-19-34(20-15-27)24-29-21-28-12-5-6-13-30(28)35(29)23-26-10-3-2-4-11-26/h2-6,10-13,21,25,27H,7-9,14-20,22-24H2,1H3,(H,32,36)/t25-/m1/s1. The third-order valence-electron chi connectivity index (χ3n) is 8.12. The van der Waals surface area contributed by atoms with Crippen molar-refractivity contribution in [2.24, 2.45) is 11.8 Å². The Balaban J connectivity index is 1.11. The largest absolute Gasteiger partial charge is 0.356 e. The third-order valence-corrected chi connectivity index (χ3v) is 8.12. The van der Waals surface area contributed by atoms with Gasteiger partial charge in [-0.15, -0.1) is 0 Å². The van der Waals surface area contributed by atoms with E-state index in [-0.39, 0.29) is 11.8 Å². The molecular weight excluding hydrogens is 444 g/mol. The van der Waals surface area contributed by atoms with Gasteiger partial charge in [0.2, 0.25) is 5.91 Å². The van der Waals surface area contributed by atoms with Crippen LogP contribution in [0.4, 0.5) is 0 Å². The van der Waals surface area contributed by atoms with E-state index in [1.54, 1.807) is 0 Å². The van der Waals surface area contributed by atoms with E-state index in [9.17, 15) is 4.79 Å². The summed E-state index contributed by atoms with van der Waals surface area (Å²) in [5.74, 6) is 1.24. The number of rotatable bonds is 9. The number of fused-ring (bicyclic) bond motifs is 1. The van der Waals surface area contributed by atoms with Crippen molar-refractivity contribution >= 4 is 16.8 Å². The quantitative estimate of drug-likeness (QED) is 0.426. The Hall–Kier alpha value is -2.63. The van der Waals surface area contributed by atoms with E-state index >= 15 is 0 Å². The van der Waals surface area contributed by atoms with Crippen LogP contribution in [0.2, 0.25) is 0 Å². The van der Waals surface area contributed by atoms with Crippen molar-refractivity contribution in [1.29, 1.82) is 0 Å². The van der Waals surface area contributed by atoms with Crippen LogP contribution < -0.4 is 5.32 Å². The molecule has 36 heavy (non-hydrogen) atoms. The highest BCUT2D eigenvalue weighted by molar-refractivity contribution is 5.81. The fourth-order valence-corrected chi connectivity index (χ4v) is 6.08. The highest BCUT2D eigenvalue weighted by Crippen LogP contribution is 2.25. The van der Waals surface area contributed by atoms with Crippen LogP contribution in [0.5, 0.6) is 0 Å². The maximum atomic E-state index is 12.8. The van der Waals surface area contributed by atoms with Gasteiger partial charge < -0.3 is 14.8 Å². The van der Waals surface area contributed by atoms with Gasteiger partial charge in [0.15, 0.2) is 0 Å². The van der Waals surface area contributed by atoms with Gasteiger partial charge in [-0.1, -0.05) is 55.5 Å². The number of nitrogens with zero attached hydrogens (tertiary/aromatic N) is 3. The molecular formula is C31H42N4O. The van der Waals surface area contributed by atoms with Crippen molar-refractivity contribution in [3.05, 3.63) is 71.9 Å². The summed E-state index contributed by atoms with van der Waals surface area (Å²) in [6.07, 6.45) is 5.65. The lowest BCUT2D eigenvalue weighted by atomic mass is 9.95. The molecule has 3 heterocycles. The Labute approximate surface area is 216 Å². The van der Waals surface area contributed by atoms with Gasteiger partial charge in [0.25, 0.3) is 0 Å². The Morgan fingerprint density at radius 3 is 2.50 bits per heavy atom. The van der Waals surface area contributed by atoms with Crippen LogP contribution in [0.15, 0.2) is 60.7 Å². The third kappa shape index (κ3) is 6.37. The molecule has 5 rings (SSSR count). The summed E-state index contributed by atoms with van der Waals surface area (Å²) in [5, 5.41) is 4.54. The zero-order valence-corrected chi connectivity index (χ0v) is 21.9. The molecule has 1 amide bonds. The first-order valence-electron chi connectivity index (χ1n) is 14.0. The second-order valence-corrected chi connectivity index (χ2v) is 11.0. The molecule has 5 heteroatoms. The van der Waals surface area contributed by atoms with Crippen LogP contribution in [0.3, 0.4) is 0 Å². The van der Waals surface area contributed by atoms with E-state index in [4.69, 9.17) is 0 Å². The molecule has 1 N–H and O–H groups in total. The Bertz CT molecular complexity index is 1120.